The molecule has 0 aromatic rings. The molecule has 0 saturated heterocycles. The monoisotopic (exact) mass is 1130 g/mol. The Kier molecular flexibility index (Phi) is 56.5. The van der Waals surface area contributed by atoms with Crippen molar-refractivity contribution < 1.29 is 42.1 Å². The Morgan fingerprint density at radius 1 is 0.388 bits per heavy atom. The zero-order chi connectivity index (χ0) is 58.4. The average molecular weight is 1130 g/mol. The number of unbranched alkanes of at least 4 members (excludes halogenated alkanes) is 18. The summed E-state index contributed by atoms with van der Waals surface area (Å²) in [4.78, 5) is 37.9. The molecular weight excluding hydrogens is 1010 g/mol. The zero-order valence-electron chi connectivity index (χ0n) is 51.5. The molecule has 0 bridgehead atoms. The van der Waals surface area contributed by atoms with Crippen molar-refractivity contribution in [2.24, 2.45) is 0 Å². The molecule has 0 aliphatic heterocycles. The number of hydrogen-bond donors (Lipinski definition) is 0. The molecule has 0 amide bonds. The van der Waals surface area contributed by atoms with E-state index in [1.807, 2.05) is 21.1 Å². The molecule has 2 unspecified atom stereocenters. The number of ether oxygens (including phenoxy) is 2. The number of carbonyl (C=O) groups excluding carboxylic acids is 2. The van der Waals surface area contributed by atoms with Gasteiger partial charge in [0.1, 0.15) is 19.8 Å². The summed E-state index contributed by atoms with van der Waals surface area (Å²) in [6.45, 7) is 3.98. The van der Waals surface area contributed by atoms with Gasteiger partial charge in [0.2, 0.25) is 0 Å². The van der Waals surface area contributed by atoms with Crippen molar-refractivity contribution in [3.8, 4) is 0 Å². The van der Waals surface area contributed by atoms with Crippen molar-refractivity contribution in [3.63, 3.8) is 0 Å². The van der Waals surface area contributed by atoms with Crippen LogP contribution < -0.4 is 4.89 Å². The number of quaternary nitrogens is 1. The number of allylic oxidation sites excluding steroid dienone is 24. The van der Waals surface area contributed by atoms with Crippen molar-refractivity contribution >= 4 is 19.8 Å². The quantitative estimate of drug-likeness (QED) is 0.0195. The SMILES string of the molecule is CC/C=C\C/C=C\C/C=C\C/C=C\C/C=C\C/C=C\C/C=C\C/C=C\C/C=C\CCCCCCCCCCCCCC(=O)OC(COC(=O)CCCCCCCCC/C=C\C/C=C\C/C=C\CC)COP(=O)([O-])OCC[N+](C)(C)C. The maximum atomic E-state index is 12.8. The van der Waals surface area contributed by atoms with Crippen molar-refractivity contribution in [2.75, 3.05) is 47.5 Å². The van der Waals surface area contributed by atoms with Crippen LogP contribution in [0.4, 0.5) is 0 Å². The van der Waals surface area contributed by atoms with Gasteiger partial charge in [-0.05, 0) is 116 Å². The molecule has 0 saturated carbocycles. The predicted octanol–water partition coefficient (Wildman–Crippen LogP) is 19.6. The van der Waals surface area contributed by atoms with Gasteiger partial charge in [0.15, 0.2) is 6.10 Å². The van der Waals surface area contributed by atoms with Crippen molar-refractivity contribution in [2.45, 2.75) is 238 Å². The first-order valence-corrected chi connectivity index (χ1v) is 33.0. The fraction of sp³-hybridized carbons (Fsp3) is 0.629. The number of phosphoric acid groups is 1. The molecule has 0 heterocycles. The summed E-state index contributed by atoms with van der Waals surface area (Å²) in [6, 6.07) is 0. The summed E-state index contributed by atoms with van der Waals surface area (Å²) in [7, 11) is 1.14. The maximum Gasteiger partial charge on any atom is 0.306 e. The minimum absolute atomic E-state index is 0.0400. The van der Waals surface area contributed by atoms with E-state index in [1.165, 1.54) is 64.2 Å². The number of nitrogens with zero attached hydrogens (tertiary/aromatic N) is 1. The Balaban J connectivity index is 4.10. The van der Waals surface area contributed by atoms with E-state index in [9.17, 15) is 19.0 Å². The lowest BCUT2D eigenvalue weighted by atomic mass is 10.0. The third-order valence-corrected chi connectivity index (χ3v) is 13.8. The van der Waals surface area contributed by atoms with Crippen LogP contribution in [0.15, 0.2) is 146 Å². The fourth-order valence-corrected chi connectivity index (χ4v) is 8.80. The van der Waals surface area contributed by atoms with Crippen LogP contribution in [0.5, 0.6) is 0 Å². The van der Waals surface area contributed by atoms with Gasteiger partial charge >= 0.3 is 11.9 Å². The highest BCUT2D eigenvalue weighted by molar-refractivity contribution is 7.45. The topological polar surface area (TPSA) is 111 Å². The van der Waals surface area contributed by atoms with E-state index < -0.39 is 32.5 Å². The van der Waals surface area contributed by atoms with Gasteiger partial charge in [-0.1, -0.05) is 250 Å². The largest absolute Gasteiger partial charge is 0.756 e. The minimum Gasteiger partial charge on any atom is -0.756 e. The van der Waals surface area contributed by atoms with Crippen LogP contribution in [0.2, 0.25) is 0 Å². The third-order valence-electron chi connectivity index (χ3n) is 12.9. The molecule has 0 fully saturated rings. The third kappa shape index (κ3) is 63.1. The Labute approximate surface area is 491 Å². The second-order valence-electron chi connectivity index (χ2n) is 21.7. The summed E-state index contributed by atoms with van der Waals surface area (Å²) >= 11 is 0. The highest BCUT2D eigenvalue weighted by Gasteiger charge is 2.22. The Hall–Kier alpha value is -4.11. The normalized spacial score (nSPS) is 14.2. The Morgan fingerprint density at radius 2 is 0.675 bits per heavy atom. The maximum absolute atomic E-state index is 12.8. The molecule has 2 atom stereocenters. The molecule has 0 rings (SSSR count). The van der Waals surface area contributed by atoms with Crippen molar-refractivity contribution in [1.29, 1.82) is 0 Å². The number of phosphoric ester groups is 1. The fourth-order valence-electron chi connectivity index (χ4n) is 8.07. The van der Waals surface area contributed by atoms with E-state index in [4.69, 9.17) is 18.5 Å². The summed E-state index contributed by atoms with van der Waals surface area (Å²) in [5.74, 6) is -0.856. The lowest BCUT2D eigenvalue weighted by Crippen LogP contribution is -2.37. The summed E-state index contributed by atoms with van der Waals surface area (Å²) in [5, 5.41) is 0. The van der Waals surface area contributed by atoms with Gasteiger partial charge in [-0.2, -0.15) is 0 Å². The second-order valence-corrected chi connectivity index (χ2v) is 23.1. The molecule has 0 spiro atoms. The Morgan fingerprint density at radius 3 is 1.00 bits per heavy atom. The van der Waals surface area contributed by atoms with Crippen molar-refractivity contribution in [3.05, 3.63) is 146 Å². The molecule has 10 heteroatoms. The van der Waals surface area contributed by atoms with Gasteiger partial charge in [0.05, 0.1) is 27.7 Å². The number of likely N-dealkylation sites (N-methyl/N-ethyl adjacent to an activating group) is 1. The predicted molar refractivity (Wildman–Crippen MR) is 341 cm³/mol. The molecule has 0 aromatic heterocycles. The highest BCUT2D eigenvalue weighted by atomic mass is 31.2. The summed E-state index contributed by atoms with van der Waals surface area (Å²) < 4.78 is 34.2. The van der Waals surface area contributed by atoms with Crippen LogP contribution >= 0.6 is 7.82 Å². The first-order chi connectivity index (χ1) is 39.0. The molecule has 454 valence electrons. The minimum atomic E-state index is -4.65. The summed E-state index contributed by atoms with van der Waals surface area (Å²) in [6.07, 6.45) is 87.6. The van der Waals surface area contributed by atoms with Crippen LogP contribution in [0.25, 0.3) is 0 Å². The smallest absolute Gasteiger partial charge is 0.306 e. The van der Waals surface area contributed by atoms with Crippen LogP contribution in [0.1, 0.15) is 232 Å². The first-order valence-electron chi connectivity index (χ1n) is 31.5. The van der Waals surface area contributed by atoms with Gasteiger partial charge in [0.25, 0.3) is 7.82 Å². The molecule has 0 N–H and O–H groups in total. The summed E-state index contributed by atoms with van der Waals surface area (Å²) in [5.41, 5.74) is 0. The lowest BCUT2D eigenvalue weighted by molar-refractivity contribution is -0.870. The van der Waals surface area contributed by atoms with E-state index >= 15 is 0 Å². The van der Waals surface area contributed by atoms with Crippen LogP contribution in [-0.4, -0.2) is 70.0 Å². The highest BCUT2D eigenvalue weighted by Crippen LogP contribution is 2.38. The van der Waals surface area contributed by atoms with Crippen molar-refractivity contribution in [1.82, 2.24) is 0 Å². The van der Waals surface area contributed by atoms with E-state index in [1.54, 1.807) is 0 Å². The van der Waals surface area contributed by atoms with Gasteiger partial charge in [-0.3, -0.25) is 14.2 Å². The molecule has 9 nitrogen and oxygen atoms in total. The van der Waals surface area contributed by atoms with Crippen LogP contribution in [-0.2, 0) is 32.7 Å². The molecule has 0 radical (unpaired) electrons. The number of hydrogen-bond acceptors (Lipinski definition) is 8. The van der Waals surface area contributed by atoms with Crippen LogP contribution in [0, 0.1) is 0 Å². The van der Waals surface area contributed by atoms with Gasteiger partial charge in [-0.25, -0.2) is 0 Å². The van der Waals surface area contributed by atoms with Gasteiger partial charge in [0, 0.05) is 12.8 Å². The Bertz CT molecular complexity index is 1860. The lowest BCUT2D eigenvalue weighted by Gasteiger charge is -2.28. The average Bonchev–Trinajstić information content (AvgIpc) is 3.42. The standard InChI is InChI=1S/C70H116NO8P/c1-6-8-10-12-14-16-18-20-22-24-25-26-27-28-29-30-31-32-33-34-35-36-37-38-39-40-41-42-43-44-45-47-49-51-53-55-57-59-61-63-70(73)79-68(67-78-80(74,75)77-65-64-71(3,4)5)66-76-69(72)62-60-58-56-54-52-50-48-46-23-21-19-17-15-13-11-9-7-2/h8-11,14-17,20-23,25-26,28-29,31-32,34-35,37-38,40-41,68H,6-7,12-13,18-19,24,27,30,33,36,39,42-67H2,1-5H3/b10-8-,11-9-,16-14-,17-15-,22-20-,23-21-,26-25-,29-28-,32-31-,35-34-,38-37-,41-40-. The molecule has 80 heavy (non-hydrogen) atoms. The van der Waals surface area contributed by atoms with E-state index in [0.29, 0.717) is 23.9 Å². The van der Waals surface area contributed by atoms with Crippen LogP contribution in [0.3, 0.4) is 0 Å². The number of esters is 2. The molecule has 0 aliphatic rings. The molecular formula is C70H116NO8P. The number of rotatable bonds is 56. The number of carbonyl (C=O) groups is 2. The van der Waals surface area contributed by atoms with Gasteiger partial charge in [-0.15, -0.1) is 0 Å². The van der Waals surface area contributed by atoms with E-state index in [2.05, 4.69) is 160 Å². The van der Waals surface area contributed by atoms with E-state index in [-0.39, 0.29) is 26.1 Å². The zero-order valence-corrected chi connectivity index (χ0v) is 52.4. The van der Waals surface area contributed by atoms with E-state index in [0.717, 1.165) is 128 Å². The molecule has 0 aromatic carbocycles. The molecule has 0 aliphatic carbocycles. The second kappa shape index (κ2) is 59.5. The first kappa shape index (κ1) is 75.9. The van der Waals surface area contributed by atoms with Gasteiger partial charge < -0.3 is 27.9 Å².